The SMILES string of the molecule is Cc1ccc(N(c2c(C)ccc(-c3cccc4c3sc3ccccc34)c2C)c2ccc3ccc4c(N(c5ccc(C)cc5)c5c(C)ccc(-c6cccc7c6sc6ccccc67)c5C)ccc5ccc2c3c54)cc1. The molecule has 0 atom stereocenters. The van der Waals surface area contributed by atoms with Crippen LogP contribution in [0.15, 0.2) is 206 Å². The second kappa shape index (κ2) is 17.2. The first-order valence-electron chi connectivity index (χ1n) is 25.7. The maximum absolute atomic E-state index is 2.54. The molecule has 2 aromatic heterocycles. The van der Waals surface area contributed by atoms with E-state index < -0.39 is 0 Å². The number of fused-ring (bicyclic) bond motifs is 6. The molecule has 14 rings (SSSR count). The Kier molecular flexibility index (Phi) is 10.3. The molecule has 0 bridgehead atoms. The van der Waals surface area contributed by atoms with E-state index in [0.29, 0.717) is 0 Å². The summed E-state index contributed by atoms with van der Waals surface area (Å²) < 4.78 is 5.30. The summed E-state index contributed by atoms with van der Waals surface area (Å²) in [5.41, 5.74) is 19.5. The van der Waals surface area contributed by atoms with Gasteiger partial charge in [-0.05, 0) is 156 Å². The summed E-state index contributed by atoms with van der Waals surface area (Å²) in [5.74, 6) is 0. The van der Waals surface area contributed by atoms with Crippen molar-refractivity contribution in [1.82, 2.24) is 0 Å². The zero-order valence-electron chi connectivity index (χ0n) is 42.3. The summed E-state index contributed by atoms with van der Waals surface area (Å²) in [6.45, 7) is 13.6. The smallest absolute Gasteiger partial charge is 0.0540 e. The second-order valence-corrected chi connectivity index (χ2v) is 22.4. The Balaban J connectivity index is 0.991. The van der Waals surface area contributed by atoms with Gasteiger partial charge in [-0.3, -0.25) is 0 Å². The van der Waals surface area contributed by atoms with Crippen LogP contribution in [0.25, 0.3) is 94.9 Å². The molecular weight excluding hydrogens is 933 g/mol. The van der Waals surface area contributed by atoms with Gasteiger partial charge in [0.15, 0.2) is 0 Å². The summed E-state index contributed by atoms with van der Waals surface area (Å²) in [6, 6.07) is 77.7. The predicted octanol–water partition coefficient (Wildman–Crippen LogP) is 21.4. The minimum Gasteiger partial charge on any atom is -0.309 e. The molecule has 0 unspecified atom stereocenters. The van der Waals surface area contributed by atoms with Crippen molar-refractivity contribution in [2.75, 3.05) is 9.80 Å². The Hall–Kier alpha value is -8.28. The van der Waals surface area contributed by atoms with Gasteiger partial charge in [0, 0.05) is 62.5 Å². The van der Waals surface area contributed by atoms with Gasteiger partial charge in [0.05, 0.1) is 22.7 Å². The number of aryl methyl sites for hydroxylation is 4. The summed E-state index contributed by atoms with van der Waals surface area (Å²) in [6.07, 6.45) is 0. The monoisotopic (exact) mass is 984 g/mol. The van der Waals surface area contributed by atoms with Gasteiger partial charge in [0.1, 0.15) is 0 Å². The summed E-state index contributed by atoms with van der Waals surface area (Å²) in [7, 11) is 0. The van der Waals surface area contributed by atoms with E-state index in [9.17, 15) is 0 Å². The van der Waals surface area contributed by atoms with Gasteiger partial charge in [0.25, 0.3) is 0 Å². The first-order valence-corrected chi connectivity index (χ1v) is 27.3. The van der Waals surface area contributed by atoms with Crippen LogP contribution in [0.2, 0.25) is 0 Å². The van der Waals surface area contributed by atoms with Gasteiger partial charge in [-0.2, -0.15) is 0 Å². The van der Waals surface area contributed by atoms with Crippen LogP contribution in [0.3, 0.4) is 0 Å². The van der Waals surface area contributed by atoms with Crippen molar-refractivity contribution in [3.63, 3.8) is 0 Å². The highest BCUT2D eigenvalue weighted by Crippen LogP contribution is 2.52. The van der Waals surface area contributed by atoms with Crippen molar-refractivity contribution < 1.29 is 0 Å². The lowest BCUT2D eigenvalue weighted by Gasteiger charge is -2.32. The van der Waals surface area contributed by atoms with Crippen molar-refractivity contribution in [2.45, 2.75) is 41.5 Å². The molecule has 0 aliphatic carbocycles. The van der Waals surface area contributed by atoms with E-state index in [2.05, 4.69) is 258 Å². The molecular formula is C70H52N2S2. The molecule has 0 saturated carbocycles. The number of rotatable bonds is 8. The number of benzene rings is 12. The predicted molar refractivity (Wildman–Crippen MR) is 325 cm³/mol. The van der Waals surface area contributed by atoms with Gasteiger partial charge in [-0.15, -0.1) is 22.7 Å². The van der Waals surface area contributed by atoms with E-state index >= 15 is 0 Å². The quantitative estimate of drug-likeness (QED) is 0.140. The third-order valence-electron chi connectivity index (χ3n) is 15.8. The standard InChI is InChI=1S/C70H52N2S2/c1-41-21-31-49(32-22-41)71(67-43(3)25-35-51(45(67)5)55-15-11-17-57-53-13-7-9-19-63(53)73-69(55)57)61-39-29-47-28-38-60-62(40-30-48-27-37-59(61)65(47)66(48)60)72(50-33-23-42(2)24-34-50)68-44(4)26-36-52(46(68)6)56-16-12-18-58-54-14-8-10-20-64(54)74-70(56)58/h7-40H,1-6H3. The molecule has 2 heterocycles. The number of hydrogen-bond donors (Lipinski definition) is 0. The van der Waals surface area contributed by atoms with Crippen LogP contribution < -0.4 is 9.80 Å². The molecule has 2 nitrogen and oxygen atoms in total. The lowest BCUT2D eigenvalue weighted by molar-refractivity contribution is 1.22. The van der Waals surface area contributed by atoms with Crippen molar-refractivity contribution in [1.29, 1.82) is 0 Å². The number of nitrogens with zero attached hydrogens (tertiary/aromatic N) is 2. The Morgan fingerprint density at radius 3 is 1.12 bits per heavy atom. The van der Waals surface area contributed by atoms with Crippen LogP contribution in [-0.2, 0) is 0 Å². The lowest BCUT2D eigenvalue weighted by atomic mass is 9.90. The number of thiophene rings is 2. The van der Waals surface area contributed by atoms with Crippen LogP contribution in [0, 0.1) is 41.5 Å². The molecule has 74 heavy (non-hydrogen) atoms. The van der Waals surface area contributed by atoms with E-state index in [-0.39, 0.29) is 0 Å². The first kappa shape index (κ1) is 44.4. The zero-order valence-corrected chi connectivity index (χ0v) is 44.0. The molecule has 0 aliphatic rings. The zero-order chi connectivity index (χ0) is 49.9. The molecule has 0 radical (unpaired) electrons. The molecule has 0 saturated heterocycles. The van der Waals surface area contributed by atoms with E-state index in [4.69, 9.17) is 0 Å². The van der Waals surface area contributed by atoms with Crippen molar-refractivity contribution in [3.8, 4) is 22.3 Å². The Bertz CT molecular complexity index is 4260. The molecule has 4 heteroatoms. The highest BCUT2D eigenvalue weighted by Gasteiger charge is 2.27. The third-order valence-corrected chi connectivity index (χ3v) is 18.2. The van der Waals surface area contributed by atoms with Crippen LogP contribution in [0.1, 0.15) is 33.4 Å². The maximum atomic E-state index is 2.54. The van der Waals surface area contributed by atoms with Crippen LogP contribution >= 0.6 is 22.7 Å². The Labute approximate surface area is 440 Å². The summed E-state index contributed by atoms with van der Waals surface area (Å²) >= 11 is 3.79. The van der Waals surface area contributed by atoms with Crippen molar-refractivity contribution in [3.05, 3.63) is 240 Å². The third kappa shape index (κ3) is 6.82. The highest BCUT2D eigenvalue weighted by atomic mass is 32.1. The summed E-state index contributed by atoms with van der Waals surface area (Å²) in [5, 5.41) is 12.7. The molecule has 0 N–H and O–H groups in total. The van der Waals surface area contributed by atoms with E-state index in [1.54, 1.807) is 0 Å². The normalized spacial score (nSPS) is 11.9. The topological polar surface area (TPSA) is 6.48 Å². The minimum absolute atomic E-state index is 1.14. The average molecular weight is 985 g/mol. The molecule has 354 valence electrons. The highest BCUT2D eigenvalue weighted by molar-refractivity contribution is 7.26. The summed E-state index contributed by atoms with van der Waals surface area (Å²) in [4.78, 5) is 5.08. The Morgan fingerprint density at radius 1 is 0.297 bits per heavy atom. The van der Waals surface area contributed by atoms with Gasteiger partial charge < -0.3 is 9.80 Å². The molecule has 0 fully saturated rings. The van der Waals surface area contributed by atoms with Gasteiger partial charge in [0.2, 0.25) is 0 Å². The average Bonchev–Trinajstić information content (AvgIpc) is 4.06. The van der Waals surface area contributed by atoms with Crippen molar-refractivity contribution >= 4 is 129 Å². The van der Waals surface area contributed by atoms with Gasteiger partial charge in [-0.25, -0.2) is 0 Å². The molecule has 0 aliphatic heterocycles. The number of hydrogen-bond acceptors (Lipinski definition) is 4. The second-order valence-electron chi connectivity index (χ2n) is 20.3. The van der Waals surface area contributed by atoms with Crippen LogP contribution in [0.5, 0.6) is 0 Å². The largest absolute Gasteiger partial charge is 0.309 e. The number of anilines is 6. The molecule has 12 aromatic carbocycles. The van der Waals surface area contributed by atoms with E-state index in [1.165, 1.54) is 140 Å². The molecule has 0 amide bonds. The Morgan fingerprint density at radius 2 is 0.689 bits per heavy atom. The van der Waals surface area contributed by atoms with Crippen LogP contribution in [0.4, 0.5) is 34.1 Å². The minimum atomic E-state index is 1.14. The molecule has 14 aromatic rings. The van der Waals surface area contributed by atoms with E-state index in [1.807, 2.05) is 22.7 Å². The van der Waals surface area contributed by atoms with Crippen LogP contribution in [-0.4, -0.2) is 0 Å². The lowest BCUT2D eigenvalue weighted by Crippen LogP contribution is -2.15. The fourth-order valence-electron chi connectivity index (χ4n) is 12.2. The fourth-order valence-corrected chi connectivity index (χ4v) is 14.6. The van der Waals surface area contributed by atoms with E-state index in [0.717, 1.165) is 22.7 Å². The van der Waals surface area contributed by atoms with Gasteiger partial charge in [-0.1, -0.05) is 169 Å². The van der Waals surface area contributed by atoms with Gasteiger partial charge >= 0.3 is 0 Å². The first-order chi connectivity index (χ1) is 36.2. The maximum Gasteiger partial charge on any atom is 0.0540 e. The molecule has 0 spiro atoms. The van der Waals surface area contributed by atoms with Crippen molar-refractivity contribution in [2.24, 2.45) is 0 Å². The fraction of sp³-hybridized carbons (Fsp3) is 0.0857.